The molecule has 0 spiro atoms. The molecule has 0 radical (unpaired) electrons. The van der Waals surface area contributed by atoms with E-state index in [-0.39, 0.29) is 23.2 Å². The number of carbonyl (C=O) groups is 2. The molecule has 41 heavy (non-hydrogen) atoms. The molecule has 3 heterocycles. The van der Waals surface area contributed by atoms with Crippen molar-refractivity contribution in [1.82, 2.24) is 29.8 Å². The second-order valence-corrected chi connectivity index (χ2v) is 9.87. The molecule has 2 aromatic heterocycles. The van der Waals surface area contributed by atoms with E-state index in [0.717, 1.165) is 0 Å². The highest BCUT2D eigenvalue weighted by Gasteiger charge is 2.36. The lowest BCUT2D eigenvalue weighted by Gasteiger charge is -2.44. The fourth-order valence-corrected chi connectivity index (χ4v) is 5.02. The second kappa shape index (κ2) is 12.1. The second-order valence-electron chi connectivity index (χ2n) is 9.49. The van der Waals surface area contributed by atoms with E-state index >= 15 is 0 Å². The zero-order valence-electron chi connectivity index (χ0n) is 22.6. The summed E-state index contributed by atoms with van der Waals surface area (Å²) >= 11 is 6.88. The Bertz CT molecular complexity index is 1560. The molecular formula is C25H29ClN12O3. The number of rotatable bonds is 9. The standard InChI is InChI=1S/C25H29ClN12O3/c1-4-30-22-23-31-11-15(10-28)38(23)35-24(34-22)33-16-7-14(9-27)8-19(20(16)26)37-6-5-18(36(3)25(40)41)17(12-37)32-13(2)21(29)39/h7-8,11,13,17-18,32H,4-6,12H2,1-3H3,(H2,29,39)(H,40,41)(H2,30,33,34,35)/t13?,17-,18+/m1/s1. The lowest BCUT2D eigenvalue weighted by atomic mass is 9.96. The van der Waals surface area contributed by atoms with Crippen LogP contribution in [0.4, 0.5) is 27.9 Å². The van der Waals surface area contributed by atoms with Gasteiger partial charge in [-0.3, -0.25) is 10.1 Å². The molecule has 0 saturated carbocycles. The van der Waals surface area contributed by atoms with E-state index in [0.29, 0.717) is 47.9 Å². The summed E-state index contributed by atoms with van der Waals surface area (Å²) in [4.78, 5) is 35.3. The molecule has 1 fully saturated rings. The third-order valence-corrected chi connectivity index (χ3v) is 7.25. The number of hydrogen-bond donors (Lipinski definition) is 5. The van der Waals surface area contributed by atoms with Crippen molar-refractivity contribution < 1.29 is 14.7 Å². The van der Waals surface area contributed by atoms with Crippen molar-refractivity contribution in [2.45, 2.75) is 38.4 Å². The molecule has 0 aliphatic carbocycles. The van der Waals surface area contributed by atoms with Crippen molar-refractivity contribution in [2.75, 3.05) is 42.2 Å². The molecule has 1 aliphatic rings. The van der Waals surface area contributed by atoms with E-state index in [9.17, 15) is 25.2 Å². The van der Waals surface area contributed by atoms with Gasteiger partial charge in [-0.05, 0) is 32.4 Å². The van der Waals surface area contributed by atoms with E-state index < -0.39 is 30.1 Å². The van der Waals surface area contributed by atoms with Gasteiger partial charge in [-0.15, -0.1) is 5.10 Å². The Morgan fingerprint density at radius 3 is 2.73 bits per heavy atom. The van der Waals surface area contributed by atoms with Crippen LogP contribution in [0.2, 0.25) is 5.02 Å². The zero-order chi connectivity index (χ0) is 29.8. The number of nitrogens with zero attached hydrogens (tertiary/aromatic N) is 8. The van der Waals surface area contributed by atoms with Crippen molar-refractivity contribution in [2.24, 2.45) is 5.73 Å². The van der Waals surface area contributed by atoms with Crippen LogP contribution < -0.4 is 26.6 Å². The minimum absolute atomic E-state index is 0.113. The van der Waals surface area contributed by atoms with E-state index in [2.05, 4.69) is 37.1 Å². The Balaban J connectivity index is 1.71. The number of hydrogen-bond acceptors (Lipinski definition) is 11. The summed E-state index contributed by atoms with van der Waals surface area (Å²) in [6.45, 7) is 4.75. The molecule has 4 rings (SSSR count). The first-order chi connectivity index (χ1) is 19.6. The van der Waals surface area contributed by atoms with Crippen LogP contribution in [0.3, 0.4) is 0 Å². The minimum Gasteiger partial charge on any atom is -0.465 e. The van der Waals surface area contributed by atoms with E-state index in [4.69, 9.17) is 17.3 Å². The number of likely N-dealkylation sites (N-methyl/N-ethyl adjacent to an activating group) is 1. The van der Waals surface area contributed by atoms with Gasteiger partial charge in [0.1, 0.15) is 6.07 Å². The molecule has 1 unspecified atom stereocenters. The number of benzene rings is 1. The zero-order valence-corrected chi connectivity index (χ0v) is 23.3. The molecule has 3 aromatic rings. The summed E-state index contributed by atoms with van der Waals surface area (Å²) < 4.78 is 1.36. The third-order valence-electron chi connectivity index (χ3n) is 6.86. The summed E-state index contributed by atoms with van der Waals surface area (Å²) in [6.07, 6.45) is 0.722. The van der Waals surface area contributed by atoms with Crippen molar-refractivity contribution in [3.63, 3.8) is 0 Å². The number of nitriles is 2. The smallest absolute Gasteiger partial charge is 0.407 e. The summed E-state index contributed by atoms with van der Waals surface area (Å²) in [5, 5.41) is 42.8. The normalized spacial score (nSPS) is 17.4. The Hall–Kier alpha value is -4.86. The van der Waals surface area contributed by atoms with Gasteiger partial charge in [-0.1, -0.05) is 11.6 Å². The highest BCUT2D eigenvalue weighted by Crippen LogP contribution is 2.37. The molecule has 214 valence electrons. The van der Waals surface area contributed by atoms with Crippen LogP contribution in [0.5, 0.6) is 0 Å². The van der Waals surface area contributed by atoms with Crippen LogP contribution in [-0.2, 0) is 4.79 Å². The summed E-state index contributed by atoms with van der Waals surface area (Å²) in [6, 6.07) is 5.76. The number of amides is 2. The van der Waals surface area contributed by atoms with E-state index in [1.807, 2.05) is 17.9 Å². The molecule has 6 N–H and O–H groups in total. The van der Waals surface area contributed by atoms with Crippen LogP contribution in [0.1, 0.15) is 31.5 Å². The fourth-order valence-electron chi connectivity index (χ4n) is 4.74. The molecule has 1 saturated heterocycles. The molecule has 3 atom stereocenters. The van der Waals surface area contributed by atoms with Gasteiger partial charge in [-0.25, -0.2) is 9.78 Å². The number of halogens is 1. The average molecular weight is 581 g/mol. The van der Waals surface area contributed by atoms with Crippen LogP contribution >= 0.6 is 11.6 Å². The number of carboxylic acid groups (broad SMARTS) is 1. The molecule has 2 amide bonds. The predicted octanol–water partition coefficient (Wildman–Crippen LogP) is 1.72. The van der Waals surface area contributed by atoms with Crippen molar-refractivity contribution >= 4 is 52.4 Å². The van der Waals surface area contributed by atoms with E-state index in [1.54, 1.807) is 19.1 Å². The number of nitrogens with one attached hydrogen (secondary N) is 3. The van der Waals surface area contributed by atoms with Crippen LogP contribution in [0.15, 0.2) is 18.3 Å². The summed E-state index contributed by atoms with van der Waals surface area (Å²) in [5.41, 5.74) is 7.23. The average Bonchev–Trinajstić information content (AvgIpc) is 3.37. The van der Waals surface area contributed by atoms with Crippen LogP contribution in [0, 0.1) is 22.7 Å². The molecule has 1 aromatic carbocycles. The molecular weight excluding hydrogens is 552 g/mol. The van der Waals surface area contributed by atoms with Gasteiger partial charge in [0.15, 0.2) is 17.2 Å². The lowest BCUT2D eigenvalue weighted by molar-refractivity contribution is -0.119. The first-order valence-corrected chi connectivity index (χ1v) is 13.1. The van der Waals surface area contributed by atoms with Gasteiger partial charge in [0.05, 0.1) is 46.3 Å². The van der Waals surface area contributed by atoms with Gasteiger partial charge >= 0.3 is 6.09 Å². The minimum atomic E-state index is -1.09. The molecule has 1 aliphatic heterocycles. The third kappa shape index (κ3) is 6.01. The number of aromatic nitrogens is 4. The number of fused-ring (bicyclic) bond motifs is 1. The highest BCUT2D eigenvalue weighted by atomic mass is 35.5. The number of carbonyl (C=O) groups excluding carboxylic acids is 1. The van der Waals surface area contributed by atoms with Crippen LogP contribution in [-0.4, -0.2) is 86.4 Å². The number of anilines is 4. The largest absolute Gasteiger partial charge is 0.465 e. The summed E-state index contributed by atoms with van der Waals surface area (Å²) in [5.74, 6) is -0.0508. The number of imidazole rings is 1. The van der Waals surface area contributed by atoms with Crippen molar-refractivity contribution in [1.29, 1.82) is 10.5 Å². The van der Waals surface area contributed by atoms with Gasteiger partial charge in [0.25, 0.3) is 0 Å². The summed E-state index contributed by atoms with van der Waals surface area (Å²) in [7, 11) is 1.48. The monoisotopic (exact) mass is 580 g/mol. The number of piperidine rings is 1. The molecule has 15 nitrogen and oxygen atoms in total. The maximum Gasteiger partial charge on any atom is 0.407 e. The fraction of sp³-hybridized carbons (Fsp3) is 0.400. The SMILES string of the molecule is CCNc1nc(Nc2cc(C#N)cc(N3CC[C@H](N(C)C(=O)O)[C@H](NC(C)C(N)=O)C3)c2Cl)nn2c(C#N)cnc12. The van der Waals surface area contributed by atoms with Gasteiger partial charge in [0, 0.05) is 32.7 Å². The van der Waals surface area contributed by atoms with Crippen LogP contribution in [0.25, 0.3) is 5.65 Å². The quantitative estimate of drug-likeness (QED) is 0.244. The Kier molecular flexibility index (Phi) is 8.61. The van der Waals surface area contributed by atoms with Crippen molar-refractivity contribution in [3.8, 4) is 12.1 Å². The predicted molar refractivity (Wildman–Crippen MR) is 151 cm³/mol. The van der Waals surface area contributed by atoms with Crippen molar-refractivity contribution in [3.05, 3.63) is 34.6 Å². The van der Waals surface area contributed by atoms with Gasteiger partial charge < -0.3 is 31.3 Å². The number of nitrogens with two attached hydrogens (primary N) is 1. The first kappa shape index (κ1) is 29.1. The topological polar surface area (TPSA) is 214 Å². The molecule has 0 bridgehead atoms. The lowest BCUT2D eigenvalue weighted by Crippen LogP contribution is -2.62. The molecule has 16 heteroatoms. The van der Waals surface area contributed by atoms with Gasteiger partial charge in [-0.2, -0.15) is 20.0 Å². The number of primary amides is 1. The Morgan fingerprint density at radius 1 is 1.34 bits per heavy atom. The highest BCUT2D eigenvalue weighted by molar-refractivity contribution is 6.36. The maximum atomic E-state index is 11.8. The van der Waals surface area contributed by atoms with Gasteiger partial charge in [0.2, 0.25) is 11.9 Å². The Labute approximate surface area is 240 Å². The first-order valence-electron chi connectivity index (χ1n) is 12.7. The maximum absolute atomic E-state index is 11.8. The van der Waals surface area contributed by atoms with E-state index in [1.165, 1.54) is 22.7 Å². The Morgan fingerprint density at radius 2 is 2.10 bits per heavy atom.